The van der Waals surface area contributed by atoms with E-state index in [1.165, 1.54) is 0 Å². The zero-order valence-electron chi connectivity index (χ0n) is 8.18. The lowest BCUT2D eigenvalue weighted by Gasteiger charge is -2.16. The molecule has 0 saturated carbocycles. The van der Waals surface area contributed by atoms with Gasteiger partial charge in [-0.15, -0.1) is 0 Å². The van der Waals surface area contributed by atoms with Crippen LogP contribution in [0.2, 0.25) is 0 Å². The molecule has 0 heterocycles. The molecule has 0 aliphatic rings. The van der Waals surface area contributed by atoms with E-state index in [0.29, 0.717) is 13.0 Å². The van der Waals surface area contributed by atoms with Gasteiger partial charge in [0.2, 0.25) is 5.91 Å². The molecule has 0 aliphatic heterocycles. The Kier molecular flexibility index (Phi) is 6.76. The largest absolute Gasteiger partial charge is 0.346 e. The molecule has 0 saturated heterocycles. The zero-order chi connectivity index (χ0) is 9.40. The third kappa shape index (κ3) is 5.13. The van der Waals surface area contributed by atoms with Gasteiger partial charge in [0.15, 0.2) is 0 Å². The van der Waals surface area contributed by atoms with Crippen molar-refractivity contribution in [1.82, 2.24) is 4.90 Å². The summed E-state index contributed by atoms with van der Waals surface area (Å²) in [6, 6.07) is 0. The van der Waals surface area contributed by atoms with Gasteiger partial charge in [-0.1, -0.05) is 13.3 Å². The van der Waals surface area contributed by atoms with Crippen LogP contribution in [0.15, 0.2) is 0 Å². The normalized spacial score (nSPS) is 9.92. The second-order valence-electron chi connectivity index (χ2n) is 3.06. The number of hydrogen-bond donors (Lipinski definition) is 1. The Hall–Kier alpha value is -0.570. The predicted octanol–water partition coefficient (Wildman–Crippen LogP) is 0.984. The van der Waals surface area contributed by atoms with Crippen molar-refractivity contribution in [2.75, 3.05) is 20.1 Å². The van der Waals surface area contributed by atoms with Gasteiger partial charge in [-0.3, -0.25) is 4.79 Å². The average molecular weight is 172 g/mol. The molecule has 0 bridgehead atoms. The quantitative estimate of drug-likeness (QED) is 0.649. The first-order valence-corrected chi connectivity index (χ1v) is 4.66. The van der Waals surface area contributed by atoms with Gasteiger partial charge in [0.1, 0.15) is 0 Å². The molecule has 72 valence electrons. The summed E-state index contributed by atoms with van der Waals surface area (Å²) in [6.45, 7) is 3.54. The fourth-order valence-corrected chi connectivity index (χ4v) is 0.972. The first-order chi connectivity index (χ1) is 5.72. The molecule has 3 nitrogen and oxygen atoms in total. The van der Waals surface area contributed by atoms with Crippen LogP contribution >= 0.6 is 0 Å². The van der Waals surface area contributed by atoms with Crippen LogP contribution in [0.1, 0.15) is 32.6 Å². The zero-order valence-corrected chi connectivity index (χ0v) is 8.18. The highest BCUT2D eigenvalue weighted by Gasteiger charge is 2.05. The van der Waals surface area contributed by atoms with Crippen LogP contribution in [0.4, 0.5) is 0 Å². The van der Waals surface area contributed by atoms with E-state index >= 15 is 0 Å². The third-order valence-electron chi connectivity index (χ3n) is 1.87. The summed E-state index contributed by atoms with van der Waals surface area (Å²) in [7, 11) is 1.84. The SMILES string of the molecule is CCCCC(=O)N(C)CCCN. The molecule has 12 heavy (non-hydrogen) atoms. The van der Waals surface area contributed by atoms with Gasteiger partial charge in [-0.05, 0) is 19.4 Å². The van der Waals surface area contributed by atoms with Crippen LogP contribution in [0.5, 0.6) is 0 Å². The van der Waals surface area contributed by atoms with Gasteiger partial charge < -0.3 is 10.6 Å². The molecule has 2 N–H and O–H groups in total. The Morgan fingerprint density at radius 2 is 2.08 bits per heavy atom. The summed E-state index contributed by atoms with van der Waals surface area (Å²) in [5.74, 6) is 0.241. The molecular weight excluding hydrogens is 152 g/mol. The monoisotopic (exact) mass is 172 g/mol. The smallest absolute Gasteiger partial charge is 0.222 e. The van der Waals surface area contributed by atoms with Gasteiger partial charge in [0, 0.05) is 20.0 Å². The molecule has 0 rings (SSSR count). The van der Waals surface area contributed by atoms with Crippen LogP contribution < -0.4 is 5.73 Å². The Morgan fingerprint density at radius 1 is 1.42 bits per heavy atom. The maximum absolute atomic E-state index is 11.3. The van der Waals surface area contributed by atoms with Gasteiger partial charge in [0.25, 0.3) is 0 Å². The number of rotatable bonds is 6. The van der Waals surface area contributed by atoms with E-state index in [1.54, 1.807) is 4.90 Å². The van der Waals surface area contributed by atoms with Gasteiger partial charge in [0.05, 0.1) is 0 Å². The molecule has 1 amide bonds. The van der Waals surface area contributed by atoms with E-state index in [4.69, 9.17) is 5.73 Å². The minimum Gasteiger partial charge on any atom is -0.346 e. The fourth-order valence-electron chi connectivity index (χ4n) is 0.972. The lowest BCUT2D eigenvalue weighted by atomic mass is 10.2. The van der Waals surface area contributed by atoms with Crippen molar-refractivity contribution in [3.63, 3.8) is 0 Å². The number of nitrogens with two attached hydrogens (primary N) is 1. The number of carbonyl (C=O) groups excluding carboxylic acids is 1. The van der Waals surface area contributed by atoms with Crippen molar-refractivity contribution in [3.05, 3.63) is 0 Å². The molecule has 0 unspecified atom stereocenters. The molecule has 0 aromatic heterocycles. The fraction of sp³-hybridized carbons (Fsp3) is 0.889. The van der Waals surface area contributed by atoms with E-state index in [0.717, 1.165) is 25.8 Å². The summed E-state index contributed by atoms with van der Waals surface area (Å²) < 4.78 is 0. The minimum atomic E-state index is 0.241. The summed E-state index contributed by atoms with van der Waals surface area (Å²) in [5.41, 5.74) is 5.34. The van der Waals surface area contributed by atoms with Gasteiger partial charge in [-0.25, -0.2) is 0 Å². The van der Waals surface area contributed by atoms with Gasteiger partial charge in [-0.2, -0.15) is 0 Å². The lowest BCUT2D eigenvalue weighted by Crippen LogP contribution is -2.28. The molecule has 0 aromatic carbocycles. The minimum absolute atomic E-state index is 0.241. The molecule has 0 radical (unpaired) electrons. The highest BCUT2D eigenvalue weighted by molar-refractivity contribution is 5.75. The molecule has 0 spiro atoms. The van der Waals surface area contributed by atoms with E-state index in [2.05, 4.69) is 6.92 Å². The molecule has 3 heteroatoms. The Morgan fingerprint density at radius 3 is 2.58 bits per heavy atom. The topological polar surface area (TPSA) is 46.3 Å². The number of nitrogens with zero attached hydrogens (tertiary/aromatic N) is 1. The van der Waals surface area contributed by atoms with Crippen LogP contribution in [-0.4, -0.2) is 30.9 Å². The van der Waals surface area contributed by atoms with Crippen LogP contribution in [-0.2, 0) is 4.79 Å². The van der Waals surface area contributed by atoms with Crippen molar-refractivity contribution in [1.29, 1.82) is 0 Å². The number of amides is 1. The Labute approximate surface area is 74.9 Å². The second kappa shape index (κ2) is 7.10. The first kappa shape index (κ1) is 11.4. The number of hydrogen-bond acceptors (Lipinski definition) is 2. The second-order valence-corrected chi connectivity index (χ2v) is 3.06. The van der Waals surface area contributed by atoms with Crippen molar-refractivity contribution < 1.29 is 4.79 Å². The standard InChI is InChI=1S/C9H20N2O/c1-3-4-6-9(12)11(2)8-5-7-10/h3-8,10H2,1-2H3. The average Bonchev–Trinajstić information content (AvgIpc) is 2.10. The van der Waals surface area contributed by atoms with E-state index in [1.807, 2.05) is 7.05 Å². The summed E-state index contributed by atoms with van der Waals surface area (Å²) >= 11 is 0. The molecule has 0 atom stereocenters. The van der Waals surface area contributed by atoms with Crippen LogP contribution in [0.25, 0.3) is 0 Å². The van der Waals surface area contributed by atoms with E-state index < -0.39 is 0 Å². The molecule has 0 fully saturated rings. The lowest BCUT2D eigenvalue weighted by molar-refractivity contribution is -0.130. The van der Waals surface area contributed by atoms with E-state index in [-0.39, 0.29) is 5.91 Å². The highest BCUT2D eigenvalue weighted by atomic mass is 16.2. The molecule has 0 aromatic rings. The number of unbranched alkanes of at least 4 members (excludes halogenated alkanes) is 1. The van der Waals surface area contributed by atoms with Crippen LogP contribution in [0.3, 0.4) is 0 Å². The Balaban J connectivity index is 3.47. The van der Waals surface area contributed by atoms with Crippen LogP contribution in [0, 0.1) is 0 Å². The summed E-state index contributed by atoms with van der Waals surface area (Å²) in [5, 5.41) is 0. The van der Waals surface area contributed by atoms with Crippen molar-refractivity contribution in [3.8, 4) is 0 Å². The maximum atomic E-state index is 11.3. The first-order valence-electron chi connectivity index (χ1n) is 4.66. The highest BCUT2D eigenvalue weighted by Crippen LogP contribution is 1.98. The molecule has 0 aliphatic carbocycles. The summed E-state index contributed by atoms with van der Waals surface area (Å²) in [4.78, 5) is 13.1. The molecular formula is C9H20N2O. The van der Waals surface area contributed by atoms with Crippen molar-refractivity contribution >= 4 is 5.91 Å². The van der Waals surface area contributed by atoms with Gasteiger partial charge >= 0.3 is 0 Å². The number of carbonyl (C=O) groups is 1. The third-order valence-corrected chi connectivity index (χ3v) is 1.87. The van der Waals surface area contributed by atoms with Crippen molar-refractivity contribution in [2.24, 2.45) is 5.73 Å². The Bertz CT molecular complexity index is 126. The summed E-state index contributed by atoms with van der Waals surface area (Å²) in [6.07, 6.45) is 3.65. The predicted molar refractivity (Wildman–Crippen MR) is 50.8 cm³/mol. The maximum Gasteiger partial charge on any atom is 0.222 e. The van der Waals surface area contributed by atoms with E-state index in [9.17, 15) is 4.79 Å². The van der Waals surface area contributed by atoms with Crippen molar-refractivity contribution in [2.45, 2.75) is 32.6 Å².